The summed E-state index contributed by atoms with van der Waals surface area (Å²) in [4.78, 5) is 31.0. The average molecular weight is 400 g/mol. The van der Waals surface area contributed by atoms with Gasteiger partial charge in [0.05, 0.1) is 10.4 Å². The number of para-hydroxylation sites is 1. The van der Waals surface area contributed by atoms with Crippen molar-refractivity contribution in [3.05, 3.63) is 89.2 Å². The number of rotatable bonds is 5. The molecule has 1 heterocycles. The summed E-state index contributed by atoms with van der Waals surface area (Å²) in [7, 11) is 0. The third-order valence-electron chi connectivity index (χ3n) is 4.27. The van der Waals surface area contributed by atoms with Crippen molar-refractivity contribution >= 4 is 45.5 Å². The van der Waals surface area contributed by atoms with E-state index in [4.69, 9.17) is 0 Å². The molecule has 3 aromatic carbocycles. The number of hydrogen-bond donors (Lipinski definition) is 3. The van der Waals surface area contributed by atoms with Crippen LogP contribution in [0.3, 0.4) is 0 Å². The van der Waals surface area contributed by atoms with Crippen LogP contribution in [0.25, 0.3) is 10.9 Å². The highest BCUT2D eigenvalue weighted by Gasteiger charge is 2.09. The van der Waals surface area contributed by atoms with Gasteiger partial charge >= 0.3 is 6.03 Å². The van der Waals surface area contributed by atoms with Gasteiger partial charge < -0.3 is 16.0 Å². The molecule has 0 radical (unpaired) electrons. The zero-order valence-corrected chi connectivity index (χ0v) is 15.6. The number of benzene rings is 3. The Bertz CT molecular complexity index is 1210. The summed E-state index contributed by atoms with van der Waals surface area (Å²) in [6, 6.07) is 20.1. The first-order valence-electron chi connectivity index (χ1n) is 8.98. The van der Waals surface area contributed by atoms with E-state index in [1.165, 1.54) is 30.6 Å². The molecule has 0 spiro atoms. The molecule has 0 bridgehead atoms. The number of hydrogen-bond acceptors (Lipinski definition) is 6. The van der Waals surface area contributed by atoms with Crippen LogP contribution in [0.4, 0.5) is 33.4 Å². The highest BCUT2D eigenvalue weighted by atomic mass is 16.6. The SMILES string of the molecule is O=C(Nc1ccc([N+](=O)[O-])cc1)Nc1ccc2c(Nc3ccccc3)ncnc2c1. The highest BCUT2D eigenvalue weighted by molar-refractivity contribution is 6.01. The van der Waals surface area contributed by atoms with Gasteiger partial charge in [-0.15, -0.1) is 0 Å². The van der Waals surface area contributed by atoms with Gasteiger partial charge in [0.2, 0.25) is 0 Å². The molecule has 9 heteroatoms. The lowest BCUT2D eigenvalue weighted by Gasteiger charge is -2.10. The molecule has 4 rings (SSSR count). The minimum absolute atomic E-state index is 0.0462. The predicted molar refractivity (Wildman–Crippen MR) is 115 cm³/mol. The molecule has 4 aromatic rings. The molecular weight excluding hydrogens is 384 g/mol. The van der Waals surface area contributed by atoms with Gasteiger partial charge in [0.1, 0.15) is 12.1 Å². The molecule has 1 aromatic heterocycles. The van der Waals surface area contributed by atoms with E-state index < -0.39 is 11.0 Å². The van der Waals surface area contributed by atoms with E-state index in [0.29, 0.717) is 22.7 Å². The van der Waals surface area contributed by atoms with Crippen molar-refractivity contribution in [2.24, 2.45) is 0 Å². The van der Waals surface area contributed by atoms with Crippen LogP contribution in [-0.4, -0.2) is 20.9 Å². The normalized spacial score (nSPS) is 10.4. The maximum Gasteiger partial charge on any atom is 0.323 e. The Morgan fingerprint density at radius 3 is 2.27 bits per heavy atom. The third kappa shape index (κ3) is 4.30. The molecule has 0 saturated heterocycles. The zero-order valence-electron chi connectivity index (χ0n) is 15.6. The summed E-state index contributed by atoms with van der Waals surface area (Å²) in [6.45, 7) is 0. The zero-order chi connectivity index (χ0) is 20.9. The second kappa shape index (κ2) is 8.23. The lowest BCUT2D eigenvalue weighted by Crippen LogP contribution is -2.19. The lowest BCUT2D eigenvalue weighted by atomic mass is 10.2. The first-order valence-corrected chi connectivity index (χ1v) is 8.98. The predicted octanol–water partition coefficient (Wildman–Crippen LogP) is 4.93. The van der Waals surface area contributed by atoms with Crippen LogP contribution in [0.15, 0.2) is 79.1 Å². The van der Waals surface area contributed by atoms with Crippen LogP contribution in [0.2, 0.25) is 0 Å². The number of nitro benzene ring substituents is 1. The number of carbonyl (C=O) groups is 1. The van der Waals surface area contributed by atoms with E-state index in [0.717, 1.165) is 11.1 Å². The van der Waals surface area contributed by atoms with Gasteiger partial charge in [0.15, 0.2) is 0 Å². The topological polar surface area (TPSA) is 122 Å². The first kappa shape index (κ1) is 18.8. The average Bonchev–Trinajstić information content (AvgIpc) is 2.75. The first-order chi connectivity index (χ1) is 14.6. The number of amides is 2. The molecule has 0 aliphatic heterocycles. The van der Waals surface area contributed by atoms with Crippen molar-refractivity contribution < 1.29 is 9.72 Å². The molecule has 3 N–H and O–H groups in total. The van der Waals surface area contributed by atoms with Crippen molar-refractivity contribution in [3.8, 4) is 0 Å². The van der Waals surface area contributed by atoms with Crippen LogP contribution in [-0.2, 0) is 0 Å². The molecule has 0 saturated carbocycles. The minimum Gasteiger partial charge on any atom is -0.340 e. The largest absolute Gasteiger partial charge is 0.340 e. The van der Waals surface area contributed by atoms with Gasteiger partial charge in [0.25, 0.3) is 5.69 Å². The number of urea groups is 1. The van der Waals surface area contributed by atoms with E-state index >= 15 is 0 Å². The number of aromatic nitrogens is 2. The fourth-order valence-electron chi connectivity index (χ4n) is 2.85. The second-order valence-electron chi connectivity index (χ2n) is 6.33. The van der Waals surface area contributed by atoms with Crippen LogP contribution in [0.5, 0.6) is 0 Å². The maximum atomic E-state index is 12.2. The highest BCUT2D eigenvalue weighted by Crippen LogP contribution is 2.25. The maximum absolute atomic E-state index is 12.2. The summed E-state index contributed by atoms with van der Waals surface area (Å²) >= 11 is 0. The van der Waals surface area contributed by atoms with E-state index in [9.17, 15) is 14.9 Å². The molecule has 9 nitrogen and oxygen atoms in total. The smallest absolute Gasteiger partial charge is 0.323 e. The van der Waals surface area contributed by atoms with E-state index in [1.807, 2.05) is 36.4 Å². The molecule has 148 valence electrons. The number of anilines is 4. The number of nitrogens with zero attached hydrogens (tertiary/aromatic N) is 3. The summed E-state index contributed by atoms with van der Waals surface area (Å²) in [5.74, 6) is 0.660. The molecule has 0 unspecified atom stereocenters. The lowest BCUT2D eigenvalue weighted by molar-refractivity contribution is -0.384. The number of carbonyl (C=O) groups excluding carboxylic acids is 1. The van der Waals surface area contributed by atoms with Crippen molar-refractivity contribution in [2.75, 3.05) is 16.0 Å². The van der Waals surface area contributed by atoms with Crippen molar-refractivity contribution in [1.29, 1.82) is 0 Å². The third-order valence-corrected chi connectivity index (χ3v) is 4.27. The van der Waals surface area contributed by atoms with Crippen LogP contribution < -0.4 is 16.0 Å². The van der Waals surface area contributed by atoms with Gasteiger partial charge in [-0.1, -0.05) is 18.2 Å². The molecule has 0 fully saturated rings. The monoisotopic (exact) mass is 400 g/mol. The van der Waals surface area contributed by atoms with Crippen LogP contribution in [0.1, 0.15) is 0 Å². The molecule has 2 amide bonds. The van der Waals surface area contributed by atoms with Crippen LogP contribution >= 0.6 is 0 Å². The molecule has 0 atom stereocenters. The van der Waals surface area contributed by atoms with Crippen molar-refractivity contribution in [2.45, 2.75) is 0 Å². The quantitative estimate of drug-likeness (QED) is 0.323. The minimum atomic E-state index is -0.498. The van der Waals surface area contributed by atoms with E-state index in [-0.39, 0.29) is 5.69 Å². The molecule has 30 heavy (non-hydrogen) atoms. The van der Waals surface area contributed by atoms with Crippen molar-refractivity contribution in [1.82, 2.24) is 9.97 Å². The Labute approximate surface area is 170 Å². The van der Waals surface area contributed by atoms with Gasteiger partial charge in [0, 0.05) is 34.6 Å². The van der Waals surface area contributed by atoms with Gasteiger partial charge in [-0.2, -0.15) is 0 Å². The fourth-order valence-corrected chi connectivity index (χ4v) is 2.85. The Kier molecular flexibility index (Phi) is 5.16. The van der Waals surface area contributed by atoms with Crippen LogP contribution in [0, 0.1) is 10.1 Å². The summed E-state index contributed by atoms with van der Waals surface area (Å²) in [6.07, 6.45) is 1.45. The number of fused-ring (bicyclic) bond motifs is 1. The van der Waals surface area contributed by atoms with Gasteiger partial charge in [-0.25, -0.2) is 14.8 Å². The van der Waals surface area contributed by atoms with Gasteiger partial charge in [-0.3, -0.25) is 10.1 Å². The van der Waals surface area contributed by atoms with E-state index in [2.05, 4.69) is 25.9 Å². The Hall–Kier alpha value is -4.53. The Morgan fingerprint density at radius 1 is 0.833 bits per heavy atom. The summed E-state index contributed by atoms with van der Waals surface area (Å²) in [5, 5.41) is 20.1. The van der Waals surface area contributed by atoms with Gasteiger partial charge in [-0.05, 0) is 42.5 Å². The Morgan fingerprint density at radius 2 is 1.53 bits per heavy atom. The second-order valence-corrected chi connectivity index (χ2v) is 6.33. The molecular formula is C21H16N6O3. The summed E-state index contributed by atoms with van der Waals surface area (Å²) in [5.41, 5.74) is 2.51. The molecule has 0 aliphatic rings. The standard InChI is InChI=1S/C21H16N6O3/c28-21(25-15-6-9-17(10-7-15)27(29)30)26-16-8-11-18-19(12-16)22-13-23-20(18)24-14-4-2-1-3-5-14/h1-13H,(H,22,23,24)(H2,25,26,28). The number of nitro groups is 1. The number of nitrogens with one attached hydrogen (secondary N) is 3. The Balaban J connectivity index is 1.48. The summed E-state index contributed by atoms with van der Waals surface area (Å²) < 4.78 is 0. The van der Waals surface area contributed by atoms with Crippen molar-refractivity contribution in [3.63, 3.8) is 0 Å². The fraction of sp³-hybridized carbons (Fsp3) is 0. The molecule has 0 aliphatic carbocycles. The van der Waals surface area contributed by atoms with E-state index in [1.54, 1.807) is 12.1 Å². The number of non-ortho nitro benzene ring substituents is 1.